The molecule has 0 spiro atoms. The Kier molecular flexibility index (Phi) is 4.34. The highest BCUT2D eigenvalue weighted by atomic mass is 35.5. The molecule has 0 aliphatic rings. The molecule has 0 saturated carbocycles. The van der Waals surface area contributed by atoms with Crippen molar-refractivity contribution in [2.75, 3.05) is 6.54 Å². The second-order valence-electron chi connectivity index (χ2n) is 5.21. The minimum atomic E-state index is 0.178. The zero-order chi connectivity index (χ0) is 14.8. The molecule has 0 radical (unpaired) electrons. The molecule has 4 heteroatoms. The summed E-state index contributed by atoms with van der Waals surface area (Å²) >= 11 is 7.65. The number of rotatable bonds is 5. The van der Waals surface area contributed by atoms with Crippen LogP contribution in [-0.2, 0) is 6.42 Å². The number of aryl methyl sites for hydroxylation is 1. The fourth-order valence-electron chi connectivity index (χ4n) is 2.54. The lowest BCUT2D eigenvalue weighted by atomic mass is 10.1. The first-order chi connectivity index (χ1) is 10.2. The third-order valence-corrected chi connectivity index (χ3v) is 4.77. The molecule has 2 heterocycles. The molecular formula is C17H18ClNOS. The molecule has 0 saturated heterocycles. The van der Waals surface area contributed by atoms with Gasteiger partial charge in [-0.25, -0.2) is 0 Å². The zero-order valence-corrected chi connectivity index (χ0v) is 13.7. The highest BCUT2D eigenvalue weighted by Crippen LogP contribution is 2.30. The molecule has 0 aliphatic heterocycles. The van der Waals surface area contributed by atoms with Gasteiger partial charge in [-0.2, -0.15) is 0 Å². The first-order valence-electron chi connectivity index (χ1n) is 7.13. The van der Waals surface area contributed by atoms with Crippen LogP contribution in [0.4, 0.5) is 0 Å². The van der Waals surface area contributed by atoms with Crippen molar-refractivity contribution in [3.05, 3.63) is 56.9 Å². The van der Waals surface area contributed by atoms with Crippen LogP contribution in [0.3, 0.4) is 0 Å². The van der Waals surface area contributed by atoms with Crippen molar-refractivity contribution in [2.45, 2.75) is 26.3 Å². The van der Waals surface area contributed by atoms with E-state index in [1.165, 1.54) is 10.4 Å². The van der Waals surface area contributed by atoms with Gasteiger partial charge in [-0.05, 0) is 43.8 Å². The molecule has 0 bridgehead atoms. The minimum absolute atomic E-state index is 0.178. The number of halogens is 1. The van der Waals surface area contributed by atoms with Crippen LogP contribution in [0, 0.1) is 6.92 Å². The third kappa shape index (κ3) is 3.31. The summed E-state index contributed by atoms with van der Waals surface area (Å²) in [6.45, 7) is 5.11. The van der Waals surface area contributed by atoms with Crippen molar-refractivity contribution >= 4 is 33.9 Å². The number of furan rings is 1. The number of nitrogens with one attached hydrogen (secondary N) is 1. The molecule has 3 rings (SSSR count). The van der Waals surface area contributed by atoms with E-state index in [0.717, 1.165) is 34.0 Å². The Morgan fingerprint density at radius 2 is 2.10 bits per heavy atom. The van der Waals surface area contributed by atoms with Gasteiger partial charge in [0.25, 0.3) is 0 Å². The Morgan fingerprint density at radius 3 is 2.81 bits per heavy atom. The standard InChI is InChI=1S/C17H18ClNOS/c1-3-19-14(10-13-5-7-17(18)21-13)16-9-12-8-11(2)4-6-15(12)20-16/h4-9,14,19H,3,10H2,1-2H3. The molecule has 3 aromatic rings. The SMILES string of the molecule is CCNC(Cc1ccc(Cl)s1)c1cc2cc(C)ccc2o1. The van der Waals surface area contributed by atoms with Gasteiger partial charge in [-0.1, -0.05) is 30.2 Å². The van der Waals surface area contributed by atoms with Crippen LogP contribution in [0.5, 0.6) is 0 Å². The van der Waals surface area contributed by atoms with E-state index in [9.17, 15) is 0 Å². The molecule has 2 aromatic heterocycles. The topological polar surface area (TPSA) is 25.2 Å². The zero-order valence-electron chi connectivity index (χ0n) is 12.2. The molecule has 0 aliphatic carbocycles. The fourth-order valence-corrected chi connectivity index (χ4v) is 3.67. The lowest BCUT2D eigenvalue weighted by Crippen LogP contribution is -2.22. The quantitative estimate of drug-likeness (QED) is 0.685. The van der Waals surface area contributed by atoms with Crippen LogP contribution in [0.25, 0.3) is 11.0 Å². The maximum absolute atomic E-state index is 6.03. The average Bonchev–Trinajstić information content (AvgIpc) is 3.04. The first kappa shape index (κ1) is 14.6. The lowest BCUT2D eigenvalue weighted by Gasteiger charge is -2.14. The van der Waals surface area contributed by atoms with E-state index in [2.05, 4.69) is 43.4 Å². The molecule has 0 amide bonds. The van der Waals surface area contributed by atoms with Gasteiger partial charge >= 0.3 is 0 Å². The molecule has 110 valence electrons. The van der Waals surface area contributed by atoms with Crippen LogP contribution in [-0.4, -0.2) is 6.54 Å². The van der Waals surface area contributed by atoms with E-state index in [4.69, 9.17) is 16.0 Å². The number of likely N-dealkylation sites (N-methyl/N-ethyl adjacent to an activating group) is 1. The summed E-state index contributed by atoms with van der Waals surface area (Å²) in [6, 6.07) is 12.6. The van der Waals surface area contributed by atoms with Gasteiger partial charge in [0.1, 0.15) is 11.3 Å². The molecule has 21 heavy (non-hydrogen) atoms. The van der Waals surface area contributed by atoms with E-state index in [-0.39, 0.29) is 6.04 Å². The van der Waals surface area contributed by atoms with Gasteiger partial charge in [0.2, 0.25) is 0 Å². The summed E-state index contributed by atoms with van der Waals surface area (Å²) in [5.74, 6) is 0.988. The summed E-state index contributed by atoms with van der Waals surface area (Å²) in [7, 11) is 0. The first-order valence-corrected chi connectivity index (χ1v) is 8.33. The largest absolute Gasteiger partial charge is 0.459 e. The van der Waals surface area contributed by atoms with E-state index < -0.39 is 0 Å². The Morgan fingerprint density at radius 1 is 1.24 bits per heavy atom. The van der Waals surface area contributed by atoms with Crippen LogP contribution in [0.1, 0.15) is 29.2 Å². The van der Waals surface area contributed by atoms with Gasteiger partial charge in [-0.15, -0.1) is 11.3 Å². The Bertz CT molecular complexity index is 746. The van der Waals surface area contributed by atoms with E-state index in [0.29, 0.717) is 0 Å². The van der Waals surface area contributed by atoms with E-state index in [1.807, 2.05) is 12.1 Å². The van der Waals surface area contributed by atoms with Crippen LogP contribution in [0.2, 0.25) is 4.34 Å². The maximum atomic E-state index is 6.03. The summed E-state index contributed by atoms with van der Waals surface area (Å²) < 4.78 is 6.86. The van der Waals surface area contributed by atoms with Crippen molar-refractivity contribution in [3.8, 4) is 0 Å². The Labute approximate surface area is 133 Å². The monoisotopic (exact) mass is 319 g/mol. The Balaban J connectivity index is 1.90. The van der Waals surface area contributed by atoms with Crippen LogP contribution in [0.15, 0.2) is 40.8 Å². The molecule has 1 unspecified atom stereocenters. The summed E-state index contributed by atoms with van der Waals surface area (Å²) in [5.41, 5.74) is 2.20. The van der Waals surface area contributed by atoms with Crippen molar-refractivity contribution in [1.82, 2.24) is 5.32 Å². The van der Waals surface area contributed by atoms with Crippen molar-refractivity contribution in [1.29, 1.82) is 0 Å². The average molecular weight is 320 g/mol. The van der Waals surface area contributed by atoms with Crippen molar-refractivity contribution < 1.29 is 4.42 Å². The molecule has 2 nitrogen and oxygen atoms in total. The predicted molar refractivity (Wildman–Crippen MR) is 90.4 cm³/mol. The summed E-state index contributed by atoms with van der Waals surface area (Å²) in [5, 5.41) is 4.67. The molecular weight excluding hydrogens is 302 g/mol. The second-order valence-corrected chi connectivity index (χ2v) is 7.01. The van der Waals surface area contributed by atoms with Crippen molar-refractivity contribution in [2.24, 2.45) is 0 Å². The summed E-state index contributed by atoms with van der Waals surface area (Å²) in [4.78, 5) is 1.27. The second kappa shape index (κ2) is 6.22. The smallest absolute Gasteiger partial charge is 0.134 e. The third-order valence-electron chi connectivity index (χ3n) is 3.52. The summed E-state index contributed by atoms with van der Waals surface area (Å²) in [6.07, 6.45) is 0.893. The lowest BCUT2D eigenvalue weighted by molar-refractivity contribution is 0.436. The highest BCUT2D eigenvalue weighted by Gasteiger charge is 2.17. The fraction of sp³-hybridized carbons (Fsp3) is 0.294. The number of benzene rings is 1. The van der Waals surface area contributed by atoms with Gasteiger partial charge in [0.05, 0.1) is 10.4 Å². The molecule has 0 fully saturated rings. The number of hydrogen-bond donors (Lipinski definition) is 1. The predicted octanol–water partition coefficient (Wildman–Crippen LogP) is 5.35. The number of fused-ring (bicyclic) bond motifs is 1. The normalized spacial score (nSPS) is 12.9. The van der Waals surface area contributed by atoms with Gasteiger partial charge < -0.3 is 9.73 Å². The molecule has 1 aromatic carbocycles. The van der Waals surface area contributed by atoms with Crippen LogP contribution < -0.4 is 5.32 Å². The van der Waals surface area contributed by atoms with Gasteiger partial charge in [0, 0.05) is 16.7 Å². The van der Waals surface area contributed by atoms with E-state index in [1.54, 1.807) is 11.3 Å². The van der Waals surface area contributed by atoms with Gasteiger partial charge in [-0.3, -0.25) is 0 Å². The number of hydrogen-bond acceptors (Lipinski definition) is 3. The highest BCUT2D eigenvalue weighted by molar-refractivity contribution is 7.16. The Hall–Kier alpha value is -1.29. The minimum Gasteiger partial charge on any atom is -0.459 e. The molecule has 1 atom stereocenters. The number of thiophene rings is 1. The van der Waals surface area contributed by atoms with Gasteiger partial charge in [0.15, 0.2) is 0 Å². The molecule has 1 N–H and O–H groups in total. The van der Waals surface area contributed by atoms with Crippen molar-refractivity contribution in [3.63, 3.8) is 0 Å². The maximum Gasteiger partial charge on any atom is 0.134 e. The van der Waals surface area contributed by atoms with E-state index >= 15 is 0 Å². The van der Waals surface area contributed by atoms with Crippen LogP contribution >= 0.6 is 22.9 Å².